The molecule has 1 aliphatic heterocycles. The van der Waals surface area contributed by atoms with Crippen LogP contribution in [0.25, 0.3) is 0 Å². The average molecular weight is 281 g/mol. The molecule has 0 aromatic carbocycles. The third-order valence-corrected chi connectivity index (χ3v) is 3.47. The Morgan fingerprint density at radius 3 is 2.90 bits per heavy atom. The Morgan fingerprint density at radius 1 is 1.35 bits per heavy atom. The molecule has 0 radical (unpaired) electrons. The topological polar surface area (TPSA) is 83.4 Å². The lowest BCUT2D eigenvalue weighted by atomic mass is 10.0. The minimum Gasteiger partial charge on any atom is -0.467 e. The van der Waals surface area contributed by atoms with Crippen LogP contribution in [0.3, 0.4) is 0 Å². The summed E-state index contributed by atoms with van der Waals surface area (Å²) in [6.45, 7) is 3.82. The molecule has 0 amide bonds. The van der Waals surface area contributed by atoms with Crippen LogP contribution < -0.4 is 15.0 Å². The van der Waals surface area contributed by atoms with Crippen molar-refractivity contribution in [3.05, 3.63) is 0 Å². The number of aromatic nitrogens is 3. The summed E-state index contributed by atoms with van der Waals surface area (Å²) in [6, 6.07) is 0.606. The molecule has 2 heterocycles. The second kappa shape index (κ2) is 7.23. The van der Waals surface area contributed by atoms with Crippen molar-refractivity contribution in [1.82, 2.24) is 15.0 Å². The fourth-order valence-electron chi connectivity index (χ4n) is 2.52. The first kappa shape index (κ1) is 14.8. The van der Waals surface area contributed by atoms with E-state index < -0.39 is 0 Å². The summed E-state index contributed by atoms with van der Waals surface area (Å²) in [5, 5.41) is 12.3. The number of anilines is 2. The van der Waals surface area contributed by atoms with Gasteiger partial charge in [0.1, 0.15) is 0 Å². The predicted octanol–water partition coefficient (Wildman–Crippen LogP) is 1.05. The molecule has 1 unspecified atom stereocenters. The van der Waals surface area contributed by atoms with Gasteiger partial charge < -0.3 is 20.1 Å². The number of hydrogen-bond acceptors (Lipinski definition) is 7. The van der Waals surface area contributed by atoms with Crippen molar-refractivity contribution in [2.24, 2.45) is 0 Å². The molecule has 1 saturated heterocycles. The van der Waals surface area contributed by atoms with Gasteiger partial charge in [-0.25, -0.2) is 0 Å². The highest BCUT2D eigenvalue weighted by atomic mass is 16.5. The molecule has 2 N–H and O–H groups in total. The van der Waals surface area contributed by atoms with E-state index in [4.69, 9.17) is 4.74 Å². The number of piperidine rings is 1. The summed E-state index contributed by atoms with van der Waals surface area (Å²) in [4.78, 5) is 15.1. The van der Waals surface area contributed by atoms with Crippen molar-refractivity contribution in [2.45, 2.75) is 38.6 Å². The zero-order valence-electron chi connectivity index (χ0n) is 12.2. The number of hydrogen-bond donors (Lipinski definition) is 2. The molecule has 0 spiro atoms. The molecular weight excluding hydrogens is 258 g/mol. The maximum absolute atomic E-state index is 9.21. The van der Waals surface area contributed by atoms with Crippen molar-refractivity contribution in [3.8, 4) is 6.01 Å². The summed E-state index contributed by atoms with van der Waals surface area (Å²) in [5.74, 6) is 1.16. The number of rotatable bonds is 6. The van der Waals surface area contributed by atoms with Crippen LogP contribution in [0.2, 0.25) is 0 Å². The molecular formula is C13H23N5O2. The highest BCUT2D eigenvalue weighted by molar-refractivity contribution is 5.39. The Hall–Kier alpha value is -1.63. The highest BCUT2D eigenvalue weighted by Gasteiger charge is 2.25. The van der Waals surface area contributed by atoms with Gasteiger partial charge in [-0.2, -0.15) is 15.0 Å². The van der Waals surface area contributed by atoms with Crippen LogP contribution in [0.4, 0.5) is 11.9 Å². The first-order chi connectivity index (χ1) is 9.78. The first-order valence-corrected chi connectivity index (χ1v) is 7.20. The quantitative estimate of drug-likeness (QED) is 0.806. The lowest BCUT2D eigenvalue weighted by Gasteiger charge is -2.35. The average Bonchev–Trinajstić information content (AvgIpc) is 2.48. The van der Waals surface area contributed by atoms with E-state index in [1.165, 1.54) is 6.42 Å². The molecule has 0 bridgehead atoms. The molecule has 1 aromatic heterocycles. The van der Waals surface area contributed by atoms with Crippen LogP contribution in [-0.4, -0.2) is 52.9 Å². The second-order valence-corrected chi connectivity index (χ2v) is 4.83. The van der Waals surface area contributed by atoms with E-state index in [1.54, 1.807) is 7.11 Å². The highest BCUT2D eigenvalue weighted by Crippen LogP contribution is 2.25. The van der Waals surface area contributed by atoms with Crippen molar-refractivity contribution in [2.75, 3.05) is 37.0 Å². The first-order valence-electron chi connectivity index (χ1n) is 7.20. The number of aliphatic hydroxyl groups excluding tert-OH is 1. The van der Waals surface area contributed by atoms with Crippen molar-refractivity contribution >= 4 is 11.9 Å². The SMILES string of the molecule is CCNc1nc(OC)nc(N2CCCCC2CCO)n1. The molecule has 2 rings (SSSR count). The monoisotopic (exact) mass is 281 g/mol. The van der Waals surface area contributed by atoms with Gasteiger partial charge in [-0.15, -0.1) is 0 Å². The minimum absolute atomic E-state index is 0.184. The Labute approximate surface area is 119 Å². The van der Waals surface area contributed by atoms with E-state index in [9.17, 15) is 5.11 Å². The van der Waals surface area contributed by atoms with Crippen LogP contribution in [0.15, 0.2) is 0 Å². The van der Waals surface area contributed by atoms with Gasteiger partial charge in [-0.1, -0.05) is 0 Å². The van der Waals surface area contributed by atoms with Crippen LogP contribution >= 0.6 is 0 Å². The zero-order chi connectivity index (χ0) is 14.4. The Morgan fingerprint density at radius 2 is 2.20 bits per heavy atom. The van der Waals surface area contributed by atoms with Gasteiger partial charge in [0.05, 0.1) is 7.11 Å². The van der Waals surface area contributed by atoms with Gasteiger partial charge in [0.15, 0.2) is 0 Å². The molecule has 112 valence electrons. The fraction of sp³-hybridized carbons (Fsp3) is 0.769. The van der Waals surface area contributed by atoms with E-state index in [0.717, 1.165) is 32.4 Å². The van der Waals surface area contributed by atoms with Gasteiger partial charge in [-0.05, 0) is 32.6 Å². The van der Waals surface area contributed by atoms with E-state index in [0.29, 0.717) is 17.9 Å². The summed E-state index contributed by atoms with van der Waals surface area (Å²) >= 11 is 0. The predicted molar refractivity (Wildman–Crippen MR) is 77.2 cm³/mol. The van der Waals surface area contributed by atoms with Gasteiger partial charge >= 0.3 is 6.01 Å². The Bertz CT molecular complexity index is 427. The van der Waals surface area contributed by atoms with Gasteiger partial charge in [-0.3, -0.25) is 0 Å². The molecule has 1 atom stereocenters. The molecule has 20 heavy (non-hydrogen) atoms. The second-order valence-electron chi connectivity index (χ2n) is 4.83. The van der Waals surface area contributed by atoms with Crippen molar-refractivity contribution in [1.29, 1.82) is 0 Å². The number of ether oxygens (including phenoxy) is 1. The van der Waals surface area contributed by atoms with Gasteiger partial charge in [0.25, 0.3) is 0 Å². The Kier molecular flexibility index (Phi) is 5.34. The van der Waals surface area contributed by atoms with E-state index in [2.05, 4.69) is 25.2 Å². The summed E-state index contributed by atoms with van der Waals surface area (Å²) < 4.78 is 5.15. The zero-order valence-corrected chi connectivity index (χ0v) is 12.2. The summed E-state index contributed by atoms with van der Waals surface area (Å²) in [7, 11) is 1.55. The van der Waals surface area contributed by atoms with E-state index in [-0.39, 0.29) is 12.6 Å². The lowest BCUT2D eigenvalue weighted by molar-refractivity contribution is 0.261. The number of aliphatic hydroxyl groups is 1. The minimum atomic E-state index is 0.184. The number of nitrogens with one attached hydrogen (secondary N) is 1. The van der Waals surface area contributed by atoms with Crippen molar-refractivity contribution in [3.63, 3.8) is 0 Å². The molecule has 7 heteroatoms. The molecule has 0 saturated carbocycles. The van der Waals surface area contributed by atoms with Gasteiger partial charge in [0.2, 0.25) is 11.9 Å². The molecule has 0 aliphatic carbocycles. The standard InChI is InChI=1S/C13H23N5O2/c1-3-14-11-15-12(17-13(16-11)20-2)18-8-5-4-6-10(18)7-9-19/h10,19H,3-9H2,1-2H3,(H,14,15,16,17). The lowest BCUT2D eigenvalue weighted by Crippen LogP contribution is -2.41. The maximum atomic E-state index is 9.21. The van der Waals surface area contributed by atoms with Crippen molar-refractivity contribution < 1.29 is 9.84 Å². The fourth-order valence-corrected chi connectivity index (χ4v) is 2.52. The van der Waals surface area contributed by atoms with E-state index in [1.807, 2.05) is 6.92 Å². The van der Waals surface area contributed by atoms with Crippen LogP contribution in [0.5, 0.6) is 6.01 Å². The number of methoxy groups -OCH3 is 1. The van der Waals surface area contributed by atoms with Gasteiger partial charge in [0, 0.05) is 25.7 Å². The normalized spacial score (nSPS) is 18.9. The maximum Gasteiger partial charge on any atom is 0.322 e. The smallest absolute Gasteiger partial charge is 0.322 e. The largest absolute Gasteiger partial charge is 0.467 e. The third kappa shape index (κ3) is 3.47. The van der Waals surface area contributed by atoms with E-state index >= 15 is 0 Å². The molecule has 7 nitrogen and oxygen atoms in total. The number of nitrogens with zero attached hydrogens (tertiary/aromatic N) is 4. The molecule has 1 aromatic rings. The van der Waals surface area contributed by atoms with Crippen LogP contribution in [0.1, 0.15) is 32.6 Å². The molecule has 1 aliphatic rings. The van der Waals surface area contributed by atoms with Crippen LogP contribution in [0, 0.1) is 0 Å². The third-order valence-electron chi connectivity index (χ3n) is 3.47. The Balaban J connectivity index is 2.26. The summed E-state index contributed by atoms with van der Waals surface area (Å²) in [5.41, 5.74) is 0. The van der Waals surface area contributed by atoms with Crippen LogP contribution in [-0.2, 0) is 0 Å². The summed E-state index contributed by atoms with van der Waals surface area (Å²) in [6.07, 6.45) is 4.10. The molecule has 1 fully saturated rings.